The van der Waals surface area contributed by atoms with Crippen LogP contribution in [0.25, 0.3) is 0 Å². The molecule has 0 radical (unpaired) electrons. The van der Waals surface area contributed by atoms with Gasteiger partial charge in [0.05, 0.1) is 25.8 Å². The topological polar surface area (TPSA) is 117 Å². The molecule has 10 heteroatoms. The quantitative estimate of drug-likeness (QED) is 0.238. The summed E-state index contributed by atoms with van der Waals surface area (Å²) in [4.78, 5) is 30.1. The smallest absolute Gasteiger partial charge is 0.255 e. The standard InChI is InChI=1S/C14H22FN5O4/c1-3-4-5-6-10(8-20(23)9-21)12(22)18-19-14-16-7-11(15)13(17-14)24-2/h7,9-10,23H,3-6,8H2,1-2H3,(H,18,22)(H,16,17,19)/t10-/m1/s1. The van der Waals surface area contributed by atoms with Crippen molar-refractivity contribution in [3.05, 3.63) is 12.0 Å². The lowest BCUT2D eigenvalue weighted by molar-refractivity contribution is -0.154. The highest BCUT2D eigenvalue weighted by Gasteiger charge is 2.21. The number of carbonyl (C=O) groups is 2. The third-order valence-corrected chi connectivity index (χ3v) is 3.26. The number of nitrogens with one attached hydrogen (secondary N) is 2. The number of unbranched alkanes of at least 4 members (excludes halogenated alkanes) is 2. The third-order valence-electron chi connectivity index (χ3n) is 3.26. The summed E-state index contributed by atoms with van der Waals surface area (Å²) < 4.78 is 17.9. The Morgan fingerprint density at radius 1 is 1.54 bits per heavy atom. The monoisotopic (exact) mass is 343 g/mol. The van der Waals surface area contributed by atoms with Gasteiger partial charge in [0.15, 0.2) is 0 Å². The first-order valence-corrected chi connectivity index (χ1v) is 7.55. The number of carbonyl (C=O) groups excluding carboxylic acids is 2. The molecule has 0 aliphatic carbocycles. The Kier molecular flexibility index (Phi) is 8.41. The zero-order chi connectivity index (χ0) is 17.9. The molecule has 0 aliphatic rings. The van der Waals surface area contributed by atoms with Crippen LogP contribution in [0, 0.1) is 11.7 Å². The molecule has 2 amide bonds. The number of aromatic nitrogens is 2. The van der Waals surface area contributed by atoms with Crippen molar-refractivity contribution in [2.45, 2.75) is 32.6 Å². The van der Waals surface area contributed by atoms with Crippen molar-refractivity contribution in [3.8, 4) is 5.88 Å². The van der Waals surface area contributed by atoms with E-state index in [0.29, 0.717) is 11.5 Å². The Balaban J connectivity index is 2.63. The maximum Gasteiger partial charge on any atom is 0.255 e. The number of methoxy groups -OCH3 is 1. The van der Waals surface area contributed by atoms with E-state index in [1.165, 1.54) is 7.11 Å². The fraction of sp³-hybridized carbons (Fsp3) is 0.571. The van der Waals surface area contributed by atoms with Crippen LogP contribution in [0.5, 0.6) is 5.88 Å². The second-order valence-electron chi connectivity index (χ2n) is 5.09. The molecule has 0 spiro atoms. The average Bonchev–Trinajstić information content (AvgIpc) is 2.59. The third kappa shape index (κ3) is 6.32. The van der Waals surface area contributed by atoms with Gasteiger partial charge in [-0.15, -0.1) is 0 Å². The molecule has 9 nitrogen and oxygen atoms in total. The van der Waals surface area contributed by atoms with Gasteiger partial charge < -0.3 is 4.74 Å². The number of hydroxylamine groups is 2. The Bertz CT molecular complexity index is 546. The molecule has 0 unspecified atom stereocenters. The van der Waals surface area contributed by atoms with Crippen molar-refractivity contribution in [3.63, 3.8) is 0 Å². The van der Waals surface area contributed by atoms with Crippen LogP contribution >= 0.6 is 0 Å². The summed E-state index contributed by atoms with van der Waals surface area (Å²) in [6.07, 6.45) is 4.33. The van der Waals surface area contributed by atoms with E-state index < -0.39 is 17.6 Å². The molecular weight excluding hydrogens is 321 g/mol. The van der Waals surface area contributed by atoms with Crippen LogP contribution in [0.15, 0.2) is 6.20 Å². The van der Waals surface area contributed by atoms with Gasteiger partial charge in [0.2, 0.25) is 24.1 Å². The van der Waals surface area contributed by atoms with E-state index in [4.69, 9.17) is 4.74 Å². The zero-order valence-corrected chi connectivity index (χ0v) is 13.7. The van der Waals surface area contributed by atoms with Crippen molar-refractivity contribution in [1.82, 2.24) is 20.5 Å². The number of anilines is 1. The molecule has 3 N–H and O–H groups in total. The number of rotatable bonds is 11. The zero-order valence-electron chi connectivity index (χ0n) is 13.7. The van der Waals surface area contributed by atoms with Crippen molar-refractivity contribution in [1.29, 1.82) is 0 Å². The normalized spacial score (nSPS) is 11.5. The van der Waals surface area contributed by atoms with E-state index in [2.05, 4.69) is 20.8 Å². The largest absolute Gasteiger partial charge is 0.479 e. The van der Waals surface area contributed by atoms with E-state index in [0.717, 1.165) is 25.5 Å². The minimum Gasteiger partial charge on any atom is -0.479 e. The number of hydrogen-bond acceptors (Lipinski definition) is 7. The molecule has 0 saturated carbocycles. The Morgan fingerprint density at radius 3 is 2.92 bits per heavy atom. The lowest BCUT2D eigenvalue weighted by Gasteiger charge is -2.19. The van der Waals surface area contributed by atoms with Gasteiger partial charge in [0, 0.05) is 0 Å². The average molecular weight is 343 g/mol. The highest BCUT2D eigenvalue weighted by Crippen LogP contribution is 2.14. The molecule has 1 atom stereocenters. The van der Waals surface area contributed by atoms with Crippen LogP contribution in [0.3, 0.4) is 0 Å². The summed E-state index contributed by atoms with van der Waals surface area (Å²) in [5, 5.41) is 9.72. The molecule has 24 heavy (non-hydrogen) atoms. The highest BCUT2D eigenvalue weighted by molar-refractivity contribution is 5.80. The van der Waals surface area contributed by atoms with E-state index in [-0.39, 0.29) is 24.8 Å². The first-order valence-electron chi connectivity index (χ1n) is 7.55. The van der Waals surface area contributed by atoms with Gasteiger partial charge in [-0.05, 0) is 6.42 Å². The summed E-state index contributed by atoms with van der Waals surface area (Å²) in [5.74, 6) is -2.09. The van der Waals surface area contributed by atoms with Gasteiger partial charge in [0.25, 0.3) is 5.88 Å². The summed E-state index contributed by atoms with van der Waals surface area (Å²) in [7, 11) is 1.26. The predicted molar refractivity (Wildman–Crippen MR) is 82.5 cm³/mol. The van der Waals surface area contributed by atoms with Crippen LogP contribution in [-0.4, -0.2) is 46.2 Å². The summed E-state index contributed by atoms with van der Waals surface area (Å²) >= 11 is 0. The van der Waals surface area contributed by atoms with Gasteiger partial charge in [-0.25, -0.2) is 10.0 Å². The summed E-state index contributed by atoms with van der Waals surface area (Å²) in [6, 6.07) is 0. The fourth-order valence-corrected chi connectivity index (χ4v) is 1.99. The summed E-state index contributed by atoms with van der Waals surface area (Å²) in [5.41, 5.74) is 4.83. The SMILES string of the molecule is CCCCC[C@H](CN(O)C=O)C(=O)NNc1ncc(F)c(OC)n1. The molecule has 0 saturated heterocycles. The van der Waals surface area contributed by atoms with E-state index in [9.17, 15) is 19.2 Å². The van der Waals surface area contributed by atoms with Crippen LogP contribution in [0.1, 0.15) is 32.6 Å². The van der Waals surface area contributed by atoms with Gasteiger partial charge in [-0.2, -0.15) is 9.37 Å². The van der Waals surface area contributed by atoms with Crippen molar-refractivity contribution < 1.29 is 23.9 Å². The van der Waals surface area contributed by atoms with Crippen LogP contribution in [0.4, 0.5) is 10.3 Å². The second-order valence-corrected chi connectivity index (χ2v) is 5.09. The highest BCUT2D eigenvalue weighted by atomic mass is 19.1. The number of hydrazine groups is 1. The first kappa shape index (κ1) is 19.6. The lowest BCUT2D eigenvalue weighted by Crippen LogP contribution is -2.40. The van der Waals surface area contributed by atoms with E-state index in [1.54, 1.807) is 0 Å². The maximum absolute atomic E-state index is 13.2. The van der Waals surface area contributed by atoms with Crippen LogP contribution < -0.4 is 15.6 Å². The fourth-order valence-electron chi connectivity index (χ4n) is 1.99. The Morgan fingerprint density at radius 2 is 2.29 bits per heavy atom. The number of amides is 2. The molecule has 1 heterocycles. The molecule has 1 rings (SSSR count). The van der Waals surface area contributed by atoms with Crippen molar-refractivity contribution >= 4 is 18.3 Å². The Labute approximate surface area is 139 Å². The molecule has 0 bridgehead atoms. The number of halogens is 1. The van der Waals surface area contributed by atoms with Crippen LogP contribution in [0.2, 0.25) is 0 Å². The number of nitrogens with zero attached hydrogens (tertiary/aromatic N) is 3. The molecule has 0 fully saturated rings. The molecule has 1 aromatic rings. The maximum atomic E-state index is 13.2. The summed E-state index contributed by atoms with van der Waals surface area (Å²) in [6.45, 7) is 1.90. The van der Waals surface area contributed by atoms with Crippen LogP contribution in [-0.2, 0) is 9.59 Å². The number of ether oxygens (including phenoxy) is 1. The van der Waals surface area contributed by atoms with E-state index in [1.807, 2.05) is 6.92 Å². The molecule has 0 aliphatic heterocycles. The Hall–Kier alpha value is -2.49. The van der Waals surface area contributed by atoms with E-state index >= 15 is 0 Å². The molecule has 1 aromatic heterocycles. The molecular formula is C14H22FN5O4. The first-order chi connectivity index (χ1) is 11.5. The number of hydrogen-bond donors (Lipinski definition) is 3. The lowest BCUT2D eigenvalue weighted by atomic mass is 10.0. The van der Waals surface area contributed by atoms with Gasteiger partial charge in [-0.1, -0.05) is 26.2 Å². The van der Waals surface area contributed by atoms with Gasteiger partial charge in [0.1, 0.15) is 0 Å². The van der Waals surface area contributed by atoms with Crippen molar-refractivity contribution in [2.75, 3.05) is 19.1 Å². The van der Waals surface area contributed by atoms with Crippen molar-refractivity contribution in [2.24, 2.45) is 5.92 Å². The van der Waals surface area contributed by atoms with Gasteiger partial charge in [-0.3, -0.25) is 25.6 Å². The van der Waals surface area contributed by atoms with Gasteiger partial charge >= 0.3 is 0 Å². The second kappa shape index (κ2) is 10.3. The minimum absolute atomic E-state index is 0.0508. The predicted octanol–water partition coefficient (Wildman–Crippen LogP) is 1.11. The molecule has 0 aromatic carbocycles. The minimum atomic E-state index is -0.728. The molecule has 134 valence electrons.